The van der Waals surface area contributed by atoms with E-state index in [2.05, 4.69) is 39.8 Å². The van der Waals surface area contributed by atoms with Gasteiger partial charge in [0.2, 0.25) is 0 Å². The Morgan fingerprint density at radius 3 is 2.48 bits per heavy atom. The standard InChI is InChI=1S/C22H30N4O/c1-14-5-8-16(9-6-14)26-13-18(20(24-26)22(2,3)4)21(27)25-11-15-7-10-19(23)17(15)12-25/h5-6,8-9,13,15,17,19H,7,10-12,23H2,1-4H3. The van der Waals surface area contributed by atoms with E-state index >= 15 is 0 Å². The molecule has 2 aromatic rings. The second kappa shape index (κ2) is 6.48. The van der Waals surface area contributed by atoms with E-state index in [9.17, 15) is 4.79 Å². The van der Waals surface area contributed by atoms with Gasteiger partial charge in [0.15, 0.2) is 0 Å². The van der Waals surface area contributed by atoms with E-state index in [1.807, 2.05) is 27.9 Å². The Morgan fingerprint density at radius 1 is 1.15 bits per heavy atom. The second-order valence-electron chi connectivity index (χ2n) is 9.30. The number of benzene rings is 1. The molecule has 3 atom stereocenters. The van der Waals surface area contributed by atoms with Gasteiger partial charge in [-0.05, 0) is 43.7 Å². The van der Waals surface area contributed by atoms with Crippen molar-refractivity contribution in [2.75, 3.05) is 13.1 Å². The van der Waals surface area contributed by atoms with Crippen LogP contribution in [-0.4, -0.2) is 39.7 Å². The van der Waals surface area contributed by atoms with E-state index < -0.39 is 0 Å². The monoisotopic (exact) mass is 366 g/mol. The van der Waals surface area contributed by atoms with Crippen LogP contribution in [0.3, 0.4) is 0 Å². The number of aryl methyl sites for hydroxylation is 1. The van der Waals surface area contributed by atoms with Gasteiger partial charge in [-0.2, -0.15) is 5.10 Å². The number of carbonyl (C=O) groups is 1. The van der Waals surface area contributed by atoms with Crippen molar-refractivity contribution < 1.29 is 4.79 Å². The molecule has 0 bridgehead atoms. The molecule has 1 aromatic heterocycles. The zero-order valence-electron chi connectivity index (χ0n) is 16.8. The van der Waals surface area contributed by atoms with E-state index in [0.717, 1.165) is 42.9 Å². The topological polar surface area (TPSA) is 64.2 Å². The van der Waals surface area contributed by atoms with Crippen LogP contribution in [0.25, 0.3) is 5.69 Å². The highest BCUT2D eigenvalue weighted by molar-refractivity contribution is 5.95. The molecule has 27 heavy (non-hydrogen) atoms. The van der Waals surface area contributed by atoms with Crippen molar-refractivity contribution in [3.63, 3.8) is 0 Å². The Balaban J connectivity index is 1.67. The first kappa shape index (κ1) is 18.2. The third-order valence-electron chi connectivity index (χ3n) is 6.15. The van der Waals surface area contributed by atoms with Crippen molar-refractivity contribution >= 4 is 5.91 Å². The lowest BCUT2D eigenvalue weighted by Gasteiger charge is -2.21. The van der Waals surface area contributed by atoms with Gasteiger partial charge < -0.3 is 10.6 Å². The van der Waals surface area contributed by atoms with Crippen molar-refractivity contribution in [1.29, 1.82) is 0 Å². The summed E-state index contributed by atoms with van der Waals surface area (Å²) in [6.07, 6.45) is 4.14. The largest absolute Gasteiger partial charge is 0.338 e. The molecule has 1 aliphatic heterocycles. The fraction of sp³-hybridized carbons (Fsp3) is 0.545. The predicted octanol–water partition coefficient (Wildman–Crippen LogP) is 3.29. The molecule has 2 fully saturated rings. The number of hydrogen-bond acceptors (Lipinski definition) is 3. The highest BCUT2D eigenvalue weighted by Crippen LogP contribution is 2.38. The van der Waals surface area contributed by atoms with Crippen LogP contribution in [-0.2, 0) is 5.41 Å². The van der Waals surface area contributed by atoms with E-state index in [0.29, 0.717) is 11.8 Å². The summed E-state index contributed by atoms with van der Waals surface area (Å²) in [5.41, 5.74) is 9.82. The molecular weight excluding hydrogens is 336 g/mol. The van der Waals surface area contributed by atoms with Crippen LogP contribution in [0.2, 0.25) is 0 Å². The van der Waals surface area contributed by atoms with Gasteiger partial charge >= 0.3 is 0 Å². The van der Waals surface area contributed by atoms with Gasteiger partial charge in [-0.15, -0.1) is 0 Å². The van der Waals surface area contributed by atoms with Crippen molar-refractivity contribution in [3.05, 3.63) is 47.3 Å². The van der Waals surface area contributed by atoms with Gasteiger partial charge in [-0.3, -0.25) is 4.79 Å². The quantitative estimate of drug-likeness (QED) is 0.887. The summed E-state index contributed by atoms with van der Waals surface area (Å²) in [7, 11) is 0. The van der Waals surface area contributed by atoms with E-state index in [1.165, 1.54) is 5.56 Å². The van der Waals surface area contributed by atoms with Crippen LogP contribution in [0, 0.1) is 18.8 Å². The Hall–Kier alpha value is -2.14. The van der Waals surface area contributed by atoms with E-state index in [-0.39, 0.29) is 17.4 Å². The summed E-state index contributed by atoms with van der Waals surface area (Å²) >= 11 is 0. The highest BCUT2D eigenvalue weighted by Gasteiger charge is 2.43. The zero-order valence-corrected chi connectivity index (χ0v) is 16.8. The van der Waals surface area contributed by atoms with Crippen molar-refractivity contribution in [2.24, 2.45) is 17.6 Å². The Labute approximate surface area is 161 Å². The molecule has 4 rings (SSSR count). The van der Waals surface area contributed by atoms with E-state index in [4.69, 9.17) is 10.8 Å². The number of carbonyl (C=O) groups excluding carboxylic acids is 1. The molecule has 5 heteroatoms. The van der Waals surface area contributed by atoms with Gasteiger partial charge in [0.25, 0.3) is 5.91 Å². The predicted molar refractivity (Wildman–Crippen MR) is 107 cm³/mol. The van der Waals surface area contributed by atoms with E-state index in [1.54, 1.807) is 0 Å². The van der Waals surface area contributed by atoms with Crippen LogP contribution in [0.5, 0.6) is 0 Å². The molecule has 3 unspecified atom stereocenters. The number of fused-ring (bicyclic) bond motifs is 1. The molecule has 2 aliphatic rings. The Bertz CT molecular complexity index is 846. The Kier molecular flexibility index (Phi) is 4.38. The van der Waals surface area contributed by atoms with Crippen LogP contribution in [0.1, 0.15) is 55.2 Å². The molecule has 0 radical (unpaired) electrons. The SMILES string of the molecule is Cc1ccc(-n2cc(C(=O)N3CC4CCC(N)C4C3)c(C(C)(C)C)n2)cc1. The highest BCUT2D eigenvalue weighted by atomic mass is 16.2. The first-order valence-electron chi connectivity index (χ1n) is 9.96. The second-order valence-corrected chi connectivity index (χ2v) is 9.30. The van der Waals surface area contributed by atoms with Crippen molar-refractivity contribution in [2.45, 2.75) is 52.0 Å². The van der Waals surface area contributed by atoms with Gasteiger partial charge in [0.05, 0.1) is 16.9 Å². The summed E-state index contributed by atoms with van der Waals surface area (Å²) < 4.78 is 1.84. The van der Waals surface area contributed by atoms with Gasteiger partial charge in [0.1, 0.15) is 0 Å². The number of nitrogens with zero attached hydrogens (tertiary/aromatic N) is 3. The smallest absolute Gasteiger partial charge is 0.257 e. The van der Waals surface area contributed by atoms with Crippen LogP contribution in [0.15, 0.2) is 30.5 Å². The molecule has 1 aromatic carbocycles. The molecule has 0 spiro atoms. The minimum Gasteiger partial charge on any atom is -0.338 e. The average molecular weight is 367 g/mol. The maximum absolute atomic E-state index is 13.4. The molecule has 1 amide bonds. The first-order chi connectivity index (χ1) is 12.7. The number of aromatic nitrogens is 2. The summed E-state index contributed by atoms with van der Waals surface area (Å²) in [5, 5.41) is 4.81. The molecule has 5 nitrogen and oxygen atoms in total. The summed E-state index contributed by atoms with van der Waals surface area (Å²) in [4.78, 5) is 15.4. The van der Waals surface area contributed by atoms with Gasteiger partial charge in [-0.25, -0.2) is 4.68 Å². The summed E-state index contributed by atoms with van der Waals surface area (Å²) in [5.74, 6) is 1.12. The number of hydrogen-bond donors (Lipinski definition) is 1. The minimum atomic E-state index is -0.201. The van der Waals surface area contributed by atoms with Crippen molar-refractivity contribution in [3.8, 4) is 5.69 Å². The number of likely N-dealkylation sites (tertiary alicyclic amines) is 1. The number of amides is 1. The molecule has 144 valence electrons. The lowest BCUT2D eigenvalue weighted by Crippen LogP contribution is -2.34. The molecule has 1 saturated heterocycles. The lowest BCUT2D eigenvalue weighted by molar-refractivity contribution is 0.0777. The first-order valence-corrected chi connectivity index (χ1v) is 9.96. The van der Waals surface area contributed by atoms with Crippen LogP contribution >= 0.6 is 0 Å². The third-order valence-corrected chi connectivity index (χ3v) is 6.15. The summed E-state index contributed by atoms with van der Waals surface area (Å²) in [6.45, 7) is 10.0. The number of nitrogens with two attached hydrogens (primary N) is 1. The van der Waals surface area contributed by atoms with Crippen LogP contribution in [0.4, 0.5) is 0 Å². The van der Waals surface area contributed by atoms with Gasteiger partial charge in [-0.1, -0.05) is 38.5 Å². The summed E-state index contributed by atoms with van der Waals surface area (Å²) in [6, 6.07) is 8.46. The maximum atomic E-state index is 13.4. The van der Waals surface area contributed by atoms with Gasteiger partial charge in [0, 0.05) is 30.7 Å². The normalized spacial score (nSPS) is 25.1. The minimum absolute atomic E-state index is 0.0971. The molecular formula is C22H30N4O. The third kappa shape index (κ3) is 3.29. The fourth-order valence-electron chi connectivity index (χ4n) is 4.56. The van der Waals surface area contributed by atoms with Crippen LogP contribution < -0.4 is 5.73 Å². The lowest BCUT2D eigenvalue weighted by atomic mass is 9.89. The molecule has 1 saturated carbocycles. The fourth-order valence-corrected chi connectivity index (χ4v) is 4.56. The average Bonchev–Trinajstić information content (AvgIpc) is 3.30. The Morgan fingerprint density at radius 2 is 1.85 bits per heavy atom. The molecule has 1 aliphatic carbocycles. The zero-order chi connectivity index (χ0) is 19.3. The van der Waals surface area contributed by atoms with Crippen molar-refractivity contribution in [1.82, 2.24) is 14.7 Å². The molecule has 2 heterocycles. The number of rotatable bonds is 2. The molecule has 2 N–H and O–H groups in total. The maximum Gasteiger partial charge on any atom is 0.257 e.